The fraction of sp³-hybridized carbons (Fsp3) is 0.321. The molecule has 174 valence electrons. The fourth-order valence-electron chi connectivity index (χ4n) is 4.54. The molecule has 6 nitrogen and oxygen atoms in total. The number of hydrogen-bond donors (Lipinski definition) is 2. The first-order chi connectivity index (χ1) is 16.5. The molecular formula is C28H31N5O. The molecule has 0 saturated heterocycles. The molecular weight excluding hydrogens is 422 g/mol. The van der Waals surface area contributed by atoms with Gasteiger partial charge in [-0.15, -0.1) is 0 Å². The molecule has 6 heteroatoms. The van der Waals surface area contributed by atoms with Gasteiger partial charge in [0, 0.05) is 42.5 Å². The Balaban J connectivity index is 1.30. The van der Waals surface area contributed by atoms with Crippen LogP contribution in [-0.2, 0) is 17.3 Å². The number of carbonyl (C=O) groups is 1. The minimum Gasteiger partial charge on any atom is -0.309 e. The number of rotatable bonds is 8. The van der Waals surface area contributed by atoms with Crippen molar-refractivity contribution < 1.29 is 4.79 Å². The summed E-state index contributed by atoms with van der Waals surface area (Å²) >= 11 is 0. The minimum absolute atomic E-state index is 0.0841. The van der Waals surface area contributed by atoms with Gasteiger partial charge in [-0.2, -0.15) is 5.10 Å². The van der Waals surface area contributed by atoms with E-state index in [2.05, 4.69) is 70.1 Å². The maximum Gasteiger partial charge on any atom is 0.247 e. The van der Waals surface area contributed by atoms with Crippen LogP contribution in [0, 0.1) is 6.92 Å². The molecule has 2 heterocycles. The Morgan fingerprint density at radius 1 is 1.09 bits per heavy atom. The Morgan fingerprint density at radius 3 is 2.53 bits per heavy atom. The third-order valence-corrected chi connectivity index (χ3v) is 6.83. The number of carbonyl (C=O) groups excluding carboxylic acids is 1. The van der Waals surface area contributed by atoms with Crippen LogP contribution < -0.4 is 10.6 Å². The molecule has 34 heavy (non-hydrogen) atoms. The average molecular weight is 454 g/mol. The van der Waals surface area contributed by atoms with Gasteiger partial charge in [0.1, 0.15) is 11.9 Å². The van der Waals surface area contributed by atoms with Gasteiger partial charge < -0.3 is 10.6 Å². The van der Waals surface area contributed by atoms with Crippen LogP contribution in [0.15, 0.2) is 78.8 Å². The molecule has 3 aromatic rings. The van der Waals surface area contributed by atoms with Crippen molar-refractivity contribution in [3.05, 3.63) is 89.9 Å². The smallest absolute Gasteiger partial charge is 0.247 e. The Morgan fingerprint density at radius 2 is 1.91 bits per heavy atom. The monoisotopic (exact) mass is 453 g/mol. The van der Waals surface area contributed by atoms with Gasteiger partial charge in [0.15, 0.2) is 0 Å². The first-order valence-electron chi connectivity index (χ1n) is 12.0. The third-order valence-electron chi connectivity index (χ3n) is 6.83. The molecule has 0 aliphatic heterocycles. The summed E-state index contributed by atoms with van der Waals surface area (Å²) in [5, 5.41) is 10.8. The maximum atomic E-state index is 13.4. The zero-order valence-electron chi connectivity index (χ0n) is 19.8. The van der Waals surface area contributed by atoms with Crippen LogP contribution in [-0.4, -0.2) is 33.3 Å². The van der Waals surface area contributed by atoms with E-state index >= 15 is 0 Å². The second-order valence-electron chi connectivity index (χ2n) is 9.47. The SMILES string of the molecule is Cc1ccc(C2(CNC(C(=O)Nc3ccc(-c4cnn(C)c4)cn3)C3=CCCC=C3)CC2)cc1. The van der Waals surface area contributed by atoms with E-state index in [4.69, 9.17) is 0 Å². The van der Waals surface area contributed by atoms with Crippen LogP contribution in [0.2, 0.25) is 0 Å². The number of nitrogens with zero attached hydrogens (tertiary/aromatic N) is 3. The van der Waals surface area contributed by atoms with Gasteiger partial charge in [-0.25, -0.2) is 4.98 Å². The van der Waals surface area contributed by atoms with E-state index in [-0.39, 0.29) is 11.3 Å². The Labute approximate surface area is 200 Å². The lowest BCUT2D eigenvalue weighted by molar-refractivity contribution is -0.117. The maximum absolute atomic E-state index is 13.4. The van der Waals surface area contributed by atoms with E-state index in [1.807, 2.05) is 25.4 Å². The van der Waals surface area contributed by atoms with Crippen LogP contribution in [0.4, 0.5) is 5.82 Å². The topological polar surface area (TPSA) is 71.8 Å². The standard InChI is InChI=1S/C28H31N5O/c1-20-8-11-24(12-9-20)28(14-15-28)19-30-26(21-6-4-3-5-7-21)27(34)32-25-13-10-22(16-29-25)23-17-31-33(2)18-23/h4,6-13,16-18,26,30H,3,5,14-15,19H2,1-2H3,(H,29,32,34). The Hall–Kier alpha value is -3.51. The molecule has 5 rings (SSSR count). The highest BCUT2D eigenvalue weighted by Gasteiger charge is 2.44. The number of aryl methyl sites for hydroxylation is 2. The lowest BCUT2D eigenvalue weighted by Crippen LogP contribution is -2.45. The molecule has 2 aromatic heterocycles. The second-order valence-corrected chi connectivity index (χ2v) is 9.47. The largest absolute Gasteiger partial charge is 0.309 e. The van der Waals surface area contributed by atoms with E-state index in [0.717, 1.165) is 48.9 Å². The number of hydrogen-bond acceptors (Lipinski definition) is 4. The number of amides is 1. The number of pyridine rings is 1. The second kappa shape index (κ2) is 9.39. The molecule has 0 spiro atoms. The van der Waals surface area contributed by atoms with Gasteiger partial charge in [-0.1, -0.05) is 48.1 Å². The molecule has 1 fully saturated rings. The van der Waals surface area contributed by atoms with Crippen molar-refractivity contribution in [3.63, 3.8) is 0 Å². The summed E-state index contributed by atoms with van der Waals surface area (Å²) in [7, 11) is 1.89. The lowest BCUT2D eigenvalue weighted by Gasteiger charge is -2.24. The van der Waals surface area contributed by atoms with Gasteiger partial charge in [0.05, 0.1) is 6.20 Å². The van der Waals surface area contributed by atoms with E-state index in [1.54, 1.807) is 17.1 Å². The third kappa shape index (κ3) is 4.87. The van der Waals surface area contributed by atoms with Gasteiger partial charge in [-0.3, -0.25) is 9.48 Å². The highest BCUT2D eigenvalue weighted by molar-refractivity contribution is 5.96. The van der Waals surface area contributed by atoms with Crippen molar-refractivity contribution in [1.82, 2.24) is 20.1 Å². The van der Waals surface area contributed by atoms with Crippen molar-refractivity contribution in [2.75, 3.05) is 11.9 Å². The summed E-state index contributed by atoms with van der Waals surface area (Å²) in [6.07, 6.45) is 16.2. The van der Waals surface area contributed by atoms with E-state index in [1.165, 1.54) is 11.1 Å². The van der Waals surface area contributed by atoms with Crippen molar-refractivity contribution in [1.29, 1.82) is 0 Å². The Bertz CT molecular complexity index is 1220. The lowest BCUT2D eigenvalue weighted by atomic mass is 9.93. The minimum atomic E-state index is -0.417. The van der Waals surface area contributed by atoms with Crippen molar-refractivity contribution in [2.24, 2.45) is 7.05 Å². The number of allylic oxidation sites excluding steroid dienone is 2. The summed E-state index contributed by atoms with van der Waals surface area (Å²) in [6.45, 7) is 2.88. The molecule has 1 aromatic carbocycles. The summed E-state index contributed by atoms with van der Waals surface area (Å²) in [4.78, 5) is 17.9. The predicted octanol–water partition coefficient (Wildman–Crippen LogP) is 4.70. The van der Waals surface area contributed by atoms with Crippen molar-refractivity contribution >= 4 is 11.7 Å². The predicted molar refractivity (Wildman–Crippen MR) is 135 cm³/mol. The van der Waals surface area contributed by atoms with Crippen LogP contribution in [0.5, 0.6) is 0 Å². The van der Waals surface area contributed by atoms with Crippen LogP contribution in [0.25, 0.3) is 11.1 Å². The molecule has 1 saturated carbocycles. The molecule has 2 aliphatic carbocycles. The summed E-state index contributed by atoms with van der Waals surface area (Å²) in [5.74, 6) is 0.462. The van der Waals surface area contributed by atoms with Gasteiger partial charge in [0.2, 0.25) is 5.91 Å². The molecule has 2 aliphatic rings. The summed E-state index contributed by atoms with van der Waals surface area (Å²) in [5.41, 5.74) is 5.72. The van der Waals surface area contributed by atoms with Gasteiger partial charge >= 0.3 is 0 Å². The fourth-order valence-corrected chi connectivity index (χ4v) is 4.54. The highest BCUT2D eigenvalue weighted by atomic mass is 16.2. The van der Waals surface area contributed by atoms with Crippen molar-refractivity contribution in [2.45, 2.75) is 44.1 Å². The van der Waals surface area contributed by atoms with Crippen LogP contribution in [0.1, 0.15) is 36.8 Å². The first-order valence-corrected chi connectivity index (χ1v) is 12.0. The van der Waals surface area contributed by atoms with Gasteiger partial charge in [-0.05, 0) is 55.9 Å². The molecule has 2 N–H and O–H groups in total. The van der Waals surface area contributed by atoms with Crippen LogP contribution in [0.3, 0.4) is 0 Å². The zero-order chi connectivity index (χ0) is 23.5. The van der Waals surface area contributed by atoms with E-state index < -0.39 is 6.04 Å². The molecule has 1 atom stereocenters. The number of anilines is 1. The summed E-state index contributed by atoms with van der Waals surface area (Å²) < 4.78 is 1.76. The average Bonchev–Trinajstić information content (AvgIpc) is 3.52. The number of aromatic nitrogens is 3. The molecule has 0 radical (unpaired) electrons. The normalized spacial score (nSPS) is 17.2. The molecule has 1 amide bonds. The van der Waals surface area contributed by atoms with Crippen LogP contribution >= 0.6 is 0 Å². The first kappa shape index (κ1) is 22.3. The van der Waals surface area contributed by atoms with E-state index in [9.17, 15) is 4.79 Å². The van der Waals surface area contributed by atoms with Crippen molar-refractivity contribution in [3.8, 4) is 11.1 Å². The molecule has 0 bridgehead atoms. The Kier molecular flexibility index (Phi) is 6.16. The number of benzene rings is 1. The zero-order valence-corrected chi connectivity index (χ0v) is 19.8. The quantitative estimate of drug-likeness (QED) is 0.519. The van der Waals surface area contributed by atoms with Gasteiger partial charge in [0.25, 0.3) is 0 Å². The number of nitrogens with one attached hydrogen (secondary N) is 2. The summed E-state index contributed by atoms with van der Waals surface area (Å²) in [6, 6.07) is 12.2. The molecule has 1 unspecified atom stereocenters. The van der Waals surface area contributed by atoms with E-state index in [0.29, 0.717) is 5.82 Å². The highest BCUT2D eigenvalue weighted by Crippen LogP contribution is 2.47.